The van der Waals surface area contributed by atoms with Crippen molar-refractivity contribution in [2.45, 2.75) is 45.1 Å². The lowest BCUT2D eigenvalue weighted by Gasteiger charge is -2.38. The Kier molecular flexibility index (Phi) is 4.88. The van der Waals surface area contributed by atoms with E-state index in [0.717, 1.165) is 12.8 Å². The van der Waals surface area contributed by atoms with Gasteiger partial charge in [-0.25, -0.2) is 4.72 Å². The highest BCUT2D eigenvalue weighted by Gasteiger charge is 2.40. The summed E-state index contributed by atoms with van der Waals surface area (Å²) in [6.07, 6.45) is 3.22. The Balaban J connectivity index is 2.84. The fourth-order valence-corrected chi connectivity index (χ4v) is 3.74. The van der Waals surface area contributed by atoms with E-state index in [1.54, 1.807) is 6.92 Å². The summed E-state index contributed by atoms with van der Waals surface area (Å²) < 4.78 is 28.5. The Bertz CT molecular complexity index is 373. The van der Waals surface area contributed by atoms with Crippen LogP contribution >= 0.6 is 12.2 Å². The fraction of sp³-hybridized carbons (Fsp3) is 0.900. The van der Waals surface area contributed by atoms with Crippen LogP contribution in [-0.4, -0.2) is 25.5 Å². The quantitative estimate of drug-likeness (QED) is 0.646. The van der Waals surface area contributed by atoms with Gasteiger partial charge in [0.15, 0.2) is 0 Å². The van der Waals surface area contributed by atoms with E-state index in [1.807, 2.05) is 0 Å². The van der Waals surface area contributed by atoms with Gasteiger partial charge in [-0.2, -0.15) is 13.1 Å². The third-order valence-electron chi connectivity index (χ3n) is 3.26. The Morgan fingerprint density at radius 1 is 1.47 bits per heavy atom. The topological polar surface area (TPSA) is 84.2 Å². The van der Waals surface area contributed by atoms with Gasteiger partial charge in [-0.15, -0.1) is 0 Å². The molecule has 0 heterocycles. The highest BCUT2D eigenvalue weighted by molar-refractivity contribution is 7.87. The summed E-state index contributed by atoms with van der Waals surface area (Å²) in [6, 6.07) is 0. The number of nitrogens with two attached hydrogens (primary N) is 1. The normalized spacial score (nSPS) is 30.1. The van der Waals surface area contributed by atoms with Crippen LogP contribution in [0.4, 0.5) is 0 Å². The van der Waals surface area contributed by atoms with Crippen LogP contribution in [0, 0.1) is 5.92 Å². The Labute approximate surface area is 109 Å². The largest absolute Gasteiger partial charge is 0.392 e. The molecule has 0 radical (unpaired) electrons. The van der Waals surface area contributed by atoms with Crippen molar-refractivity contribution in [1.29, 1.82) is 0 Å². The van der Waals surface area contributed by atoms with Gasteiger partial charge < -0.3 is 5.73 Å². The molecule has 1 fully saturated rings. The SMILES string of the molecule is CCNS(=O)(=O)NC1(C(N)=S)CCC(C)CC1. The molecule has 100 valence electrons. The maximum atomic E-state index is 11.8. The van der Waals surface area contributed by atoms with Gasteiger partial charge in [-0.1, -0.05) is 26.1 Å². The molecule has 17 heavy (non-hydrogen) atoms. The summed E-state index contributed by atoms with van der Waals surface area (Å²) in [7, 11) is -3.52. The first-order chi connectivity index (χ1) is 7.81. The molecule has 0 unspecified atom stereocenters. The smallest absolute Gasteiger partial charge is 0.277 e. The summed E-state index contributed by atoms with van der Waals surface area (Å²) in [5.41, 5.74) is 4.98. The molecule has 0 bridgehead atoms. The minimum absolute atomic E-state index is 0.242. The van der Waals surface area contributed by atoms with E-state index in [9.17, 15) is 8.42 Å². The maximum Gasteiger partial charge on any atom is 0.277 e. The van der Waals surface area contributed by atoms with Gasteiger partial charge in [0, 0.05) is 6.54 Å². The minimum atomic E-state index is -3.52. The van der Waals surface area contributed by atoms with Crippen molar-refractivity contribution in [1.82, 2.24) is 9.44 Å². The van der Waals surface area contributed by atoms with Gasteiger partial charge in [0.25, 0.3) is 10.2 Å². The van der Waals surface area contributed by atoms with Crippen molar-refractivity contribution in [3.63, 3.8) is 0 Å². The standard InChI is InChI=1S/C10H21N3O2S2/c1-3-12-17(14,15)13-10(9(11)16)6-4-8(2)5-7-10/h8,12-13H,3-7H2,1-2H3,(H2,11,16). The number of rotatable bonds is 5. The first-order valence-corrected chi connectivity index (χ1v) is 7.79. The average molecular weight is 279 g/mol. The second-order valence-corrected chi connectivity index (χ2v) is 6.67. The van der Waals surface area contributed by atoms with Gasteiger partial charge >= 0.3 is 0 Å². The number of hydrogen-bond donors (Lipinski definition) is 3. The highest BCUT2D eigenvalue weighted by atomic mass is 32.2. The molecule has 0 atom stereocenters. The molecule has 0 aromatic carbocycles. The molecule has 0 aromatic heterocycles. The summed E-state index contributed by atoms with van der Waals surface area (Å²) in [5, 5.41) is 0. The van der Waals surface area contributed by atoms with Gasteiger partial charge in [0.2, 0.25) is 0 Å². The van der Waals surface area contributed by atoms with E-state index in [-0.39, 0.29) is 4.99 Å². The van der Waals surface area contributed by atoms with Crippen LogP contribution in [0.2, 0.25) is 0 Å². The Hall–Kier alpha value is -0.240. The first-order valence-electron chi connectivity index (χ1n) is 5.90. The van der Waals surface area contributed by atoms with E-state index in [4.69, 9.17) is 18.0 Å². The maximum absolute atomic E-state index is 11.8. The van der Waals surface area contributed by atoms with Crippen LogP contribution in [0.3, 0.4) is 0 Å². The van der Waals surface area contributed by atoms with E-state index >= 15 is 0 Å². The molecule has 1 aliphatic carbocycles. The van der Waals surface area contributed by atoms with Crippen molar-refractivity contribution in [3.8, 4) is 0 Å². The summed E-state index contributed by atoms with van der Waals surface area (Å²) in [6.45, 7) is 4.23. The molecule has 0 saturated heterocycles. The predicted octanol–water partition coefficient (Wildman–Crippen LogP) is 0.665. The van der Waals surface area contributed by atoms with Crippen LogP contribution in [0.25, 0.3) is 0 Å². The monoisotopic (exact) mass is 279 g/mol. The molecule has 1 saturated carbocycles. The summed E-state index contributed by atoms with van der Waals surface area (Å²) in [5.74, 6) is 0.598. The van der Waals surface area contributed by atoms with Gasteiger partial charge in [-0.3, -0.25) is 0 Å². The van der Waals surface area contributed by atoms with E-state index in [1.165, 1.54) is 0 Å². The molecule has 0 aliphatic heterocycles. The third kappa shape index (κ3) is 3.87. The number of thiocarbonyl (C=S) groups is 1. The van der Waals surface area contributed by atoms with E-state index in [2.05, 4.69) is 16.4 Å². The molecule has 0 aromatic rings. The fourth-order valence-electron chi connectivity index (χ4n) is 2.14. The van der Waals surface area contributed by atoms with Crippen LogP contribution in [0.15, 0.2) is 0 Å². The first kappa shape index (κ1) is 14.8. The molecule has 1 rings (SSSR count). The lowest BCUT2D eigenvalue weighted by atomic mass is 9.78. The molecule has 5 nitrogen and oxygen atoms in total. The Morgan fingerprint density at radius 2 is 2.00 bits per heavy atom. The zero-order chi connectivity index (χ0) is 13.1. The van der Waals surface area contributed by atoms with Gasteiger partial charge in [0.05, 0.1) is 10.5 Å². The lowest BCUT2D eigenvalue weighted by molar-refractivity contribution is 0.288. The average Bonchev–Trinajstić information content (AvgIpc) is 2.21. The molecule has 4 N–H and O–H groups in total. The highest BCUT2D eigenvalue weighted by Crippen LogP contribution is 2.32. The van der Waals surface area contributed by atoms with Crippen LogP contribution in [0.1, 0.15) is 39.5 Å². The van der Waals surface area contributed by atoms with Gasteiger partial charge in [-0.05, 0) is 31.6 Å². The van der Waals surface area contributed by atoms with Crippen LogP contribution < -0.4 is 15.2 Å². The van der Waals surface area contributed by atoms with Crippen LogP contribution in [0.5, 0.6) is 0 Å². The lowest BCUT2D eigenvalue weighted by Crippen LogP contribution is -2.60. The Morgan fingerprint density at radius 3 is 2.41 bits per heavy atom. The molecule has 0 spiro atoms. The molecular weight excluding hydrogens is 258 g/mol. The van der Waals surface area contributed by atoms with Gasteiger partial charge in [0.1, 0.15) is 0 Å². The number of nitrogens with one attached hydrogen (secondary N) is 2. The second-order valence-electron chi connectivity index (χ2n) is 4.73. The van der Waals surface area contributed by atoms with Crippen molar-refractivity contribution in [2.75, 3.05) is 6.54 Å². The zero-order valence-electron chi connectivity index (χ0n) is 10.3. The molecule has 7 heteroatoms. The van der Waals surface area contributed by atoms with Crippen molar-refractivity contribution in [2.24, 2.45) is 11.7 Å². The summed E-state index contributed by atoms with van der Waals surface area (Å²) >= 11 is 5.04. The predicted molar refractivity (Wildman–Crippen MR) is 72.9 cm³/mol. The second kappa shape index (κ2) is 5.60. The third-order valence-corrected chi connectivity index (χ3v) is 4.98. The van der Waals surface area contributed by atoms with E-state index in [0.29, 0.717) is 25.3 Å². The van der Waals surface area contributed by atoms with Crippen molar-refractivity contribution in [3.05, 3.63) is 0 Å². The molecule has 1 aliphatic rings. The van der Waals surface area contributed by atoms with Crippen LogP contribution in [-0.2, 0) is 10.2 Å². The van der Waals surface area contributed by atoms with E-state index < -0.39 is 15.7 Å². The van der Waals surface area contributed by atoms with Crippen molar-refractivity contribution >= 4 is 27.4 Å². The zero-order valence-corrected chi connectivity index (χ0v) is 12.0. The molecular formula is C10H21N3O2S2. The number of hydrogen-bond acceptors (Lipinski definition) is 3. The summed E-state index contributed by atoms with van der Waals surface area (Å²) in [4.78, 5) is 0.242. The minimum Gasteiger partial charge on any atom is -0.392 e. The van der Waals surface area contributed by atoms with Crippen molar-refractivity contribution < 1.29 is 8.42 Å². The molecule has 0 amide bonds.